The average molecular weight is 599 g/mol. The maximum absolute atomic E-state index is 12.5. The second kappa shape index (κ2) is 10.7. The van der Waals surface area contributed by atoms with Crippen molar-refractivity contribution in [3.63, 3.8) is 0 Å². The molecule has 4 aromatic carbocycles. The lowest BCUT2D eigenvalue weighted by molar-refractivity contribution is -0.384. The Morgan fingerprint density at radius 2 is 1.71 bits per heavy atom. The maximum atomic E-state index is 12.5. The Bertz CT molecular complexity index is 1450. The number of nitrogens with zero attached hydrogens (tertiary/aromatic N) is 2. The Hall–Kier alpha value is -3.76. The van der Waals surface area contributed by atoms with E-state index in [1.807, 2.05) is 24.3 Å². The Balaban J connectivity index is 1.43. The summed E-state index contributed by atoms with van der Waals surface area (Å²) < 4.78 is 7.08. The number of non-ortho nitro benzene ring substituents is 1. The van der Waals surface area contributed by atoms with Crippen molar-refractivity contribution >= 4 is 60.4 Å². The number of aromatic hydroxyl groups is 1. The first kappa shape index (κ1) is 24.4. The number of hydrogen-bond acceptors (Lipinski definition) is 6. The second-order valence-corrected chi connectivity index (χ2v) is 9.15. The standard InChI is InChI=1S/C25H17Br2N3O5/c26-21-9-16(10-22(27)24(21)35-14-15-4-3-7-19(8-15)30(33)34)13-28-29-25(32)20-11-17-5-1-2-6-18(17)12-23(20)31/h1-13,31H,14H2,(H,29,32). The van der Waals surface area contributed by atoms with Gasteiger partial charge >= 0.3 is 0 Å². The van der Waals surface area contributed by atoms with E-state index < -0.39 is 10.8 Å². The summed E-state index contributed by atoms with van der Waals surface area (Å²) in [5.41, 5.74) is 3.85. The SMILES string of the molecule is O=C(NN=Cc1cc(Br)c(OCc2cccc([N+](=O)[O-])c2)c(Br)c1)c1cc2ccccc2cc1O. The molecule has 0 saturated heterocycles. The number of carbonyl (C=O) groups excluding carboxylic acids is 1. The Morgan fingerprint density at radius 1 is 1.03 bits per heavy atom. The van der Waals surface area contributed by atoms with Crippen LogP contribution < -0.4 is 10.2 Å². The highest BCUT2D eigenvalue weighted by Crippen LogP contribution is 2.35. The number of fused-ring (bicyclic) bond motifs is 1. The highest BCUT2D eigenvalue weighted by Gasteiger charge is 2.13. The van der Waals surface area contributed by atoms with Gasteiger partial charge in [-0.05, 0) is 78.0 Å². The van der Waals surface area contributed by atoms with E-state index in [2.05, 4.69) is 42.4 Å². The third-order valence-electron chi connectivity index (χ3n) is 5.01. The molecule has 0 unspecified atom stereocenters. The number of benzene rings is 4. The molecule has 0 spiro atoms. The van der Waals surface area contributed by atoms with Crippen LogP contribution in [0, 0.1) is 10.1 Å². The molecule has 4 rings (SSSR count). The van der Waals surface area contributed by atoms with Gasteiger partial charge in [0, 0.05) is 12.1 Å². The molecule has 4 aromatic rings. The van der Waals surface area contributed by atoms with Crippen LogP contribution in [0.1, 0.15) is 21.5 Å². The Labute approximate surface area is 216 Å². The van der Waals surface area contributed by atoms with Crippen molar-refractivity contribution in [2.45, 2.75) is 6.61 Å². The number of hydrogen-bond donors (Lipinski definition) is 2. The first-order valence-corrected chi connectivity index (χ1v) is 11.8. The van der Waals surface area contributed by atoms with Crippen LogP contribution in [0.2, 0.25) is 0 Å². The van der Waals surface area contributed by atoms with Gasteiger partial charge in [-0.1, -0.05) is 36.4 Å². The smallest absolute Gasteiger partial charge is 0.275 e. The predicted octanol–water partition coefficient (Wildman–Crippen LogP) is 6.32. The van der Waals surface area contributed by atoms with Crippen molar-refractivity contribution in [2.24, 2.45) is 5.10 Å². The molecule has 0 aromatic heterocycles. The van der Waals surface area contributed by atoms with Crippen LogP contribution >= 0.6 is 31.9 Å². The topological polar surface area (TPSA) is 114 Å². The van der Waals surface area contributed by atoms with E-state index in [4.69, 9.17) is 4.74 Å². The van der Waals surface area contributed by atoms with E-state index in [9.17, 15) is 20.0 Å². The number of phenolic OH excluding ortho intramolecular Hbond substituents is 1. The van der Waals surface area contributed by atoms with E-state index in [0.29, 0.717) is 25.8 Å². The lowest BCUT2D eigenvalue weighted by Gasteiger charge is -2.11. The molecule has 0 aliphatic heterocycles. The third kappa shape index (κ3) is 5.84. The van der Waals surface area contributed by atoms with E-state index in [1.54, 1.807) is 30.3 Å². The van der Waals surface area contributed by atoms with Gasteiger partial charge in [0.25, 0.3) is 11.6 Å². The maximum Gasteiger partial charge on any atom is 0.275 e. The summed E-state index contributed by atoms with van der Waals surface area (Å²) in [4.78, 5) is 23.0. The molecule has 2 N–H and O–H groups in total. The number of nitrogens with one attached hydrogen (secondary N) is 1. The molecule has 35 heavy (non-hydrogen) atoms. The molecule has 10 heteroatoms. The fraction of sp³-hybridized carbons (Fsp3) is 0.0400. The molecule has 0 atom stereocenters. The Kier molecular flexibility index (Phi) is 7.42. The molecular formula is C25H17Br2N3O5. The minimum Gasteiger partial charge on any atom is -0.507 e. The zero-order valence-electron chi connectivity index (χ0n) is 17.9. The molecule has 0 bridgehead atoms. The fourth-order valence-electron chi connectivity index (χ4n) is 3.34. The first-order chi connectivity index (χ1) is 16.8. The van der Waals surface area contributed by atoms with Crippen LogP contribution in [0.15, 0.2) is 86.8 Å². The molecule has 0 heterocycles. The zero-order valence-corrected chi connectivity index (χ0v) is 21.1. The summed E-state index contributed by atoms with van der Waals surface area (Å²) in [6.07, 6.45) is 1.45. The number of ether oxygens (including phenoxy) is 1. The first-order valence-electron chi connectivity index (χ1n) is 10.2. The van der Waals surface area contributed by atoms with Gasteiger partial charge in [0.15, 0.2) is 0 Å². The molecule has 0 saturated carbocycles. The molecule has 0 radical (unpaired) electrons. The largest absolute Gasteiger partial charge is 0.507 e. The van der Waals surface area contributed by atoms with Gasteiger partial charge < -0.3 is 9.84 Å². The number of amides is 1. The minimum atomic E-state index is -0.542. The van der Waals surface area contributed by atoms with Gasteiger partial charge in [-0.3, -0.25) is 14.9 Å². The van der Waals surface area contributed by atoms with Gasteiger partial charge in [-0.15, -0.1) is 0 Å². The van der Waals surface area contributed by atoms with Crippen molar-refractivity contribution in [1.29, 1.82) is 0 Å². The highest BCUT2D eigenvalue weighted by atomic mass is 79.9. The minimum absolute atomic E-state index is 0.00477. The number of halogens is 2. The zero-order chi connectivity index (χ0) is 24.9. The number of rotatable bonds is 7. The van der Waals surface area contributed by atoms with E-state index >= 15 is 0 Å². The predicted molar refractivity (Wildman–Crippen MR) is 140 cm³/mol. The second-order valence-electron chi connectivity index (χ2n) is 7.44. The normalized spacial score (nSPS) is 11.0. The summed E-state index contributed by atoms with van der Waals surface area (Å²) in [7, 11) is 0. The molecule has 8 nitrogen and oxygen atoms in total. The quantitative estimate of drug-likeness (QED) is 0.147. The van der Waals surface area contributed by atoms with Gasteiger partial charge in [0.2, 0.25) is 0 Å². The van der Waals surface area contributed by atoms with Crippen molar-refractivity contribution in [3.8, 4) is 11.5 Å². The van der Waals surface area contributed by atoms with E-state index in [-0.39, 0.29) is 23.6 Å². The molecule has 0 aliphatic rings. The van der Waals surface area contributed by atoms with Crippen LogP contribution in [-0.2, 0) is 6.61 Å². The van der Waals surface area contributed by atoms with Crippen molar-refractivity contribution in [3.05, 3.63) is 109 Å². The monoisotopic (exact) mass is 597 g/mol. The molecule has 0 aliphatic carbocycles. The molecular weight excluding hydrogens is 582 g/mol. The summed E-state index contributed by atoms with van der Waals surface area (Å²) >= 11 is 6.91. The highest BCUT2D eigenvalue weighted by molar-refractivity contribution is 9.11. The van der Waals surface area contributed by atoms with Gasteiger partial charge in [-0.25, -0.2) is 5.43 Å². The summed E-state index contributed by atoms with van der Waals surface area (Å²) in [6.45, 7) is 0.137. The van der Waals surface area contributed by atoms with Gasteiger partial charge in [0.1, 0.15) is 18.1 Å². The number of hydrazone groups is 1. The number of nitro groups is 1. The van der Waals surface area contributed by atoms with Crippen molar-refractivity contribution in [1.82, 2.24) is 5.43 Å². The lowest BCUT2D eigenvalue weighted by Crippen LogP contribution is -2.17. The molecule has 1 amide bonds. The van der Waals surface area contributed by atoms with Crippen LogP contribution in [0.25, 0.3) is 10.8 Å². The molecule has 0 fully saturated rings. The molecule has 176 valence electrons. The van der Waals surface area contributed by atoms with Crippen LogP contribution in [0.3, 0.4) is 0 Å². The third-order valence-corrected chi connectivity index (χ3v) is 6.19. The van der Waals surface area contributed by atoms with E-state index in [1.165, 1.54) is 24.4 Å². The van der Waals surface area contributed by atoms with Gasteiger partial charge in [0.05, 0.1) is 25.6 Å². The summed E-state index contributed by atoms with van der Waals surface area (Å²) in [5.74, 6) is -0.162. The number of phenols is 1. The average Bonchev–Trinajstić information content (AvgIpc) is 2.83. The van der Waals surface area contributed by atoms with Crippen LogP contribution in [-0.4, -0.2) is 22.2 Å². The van der Waals surface area contributed by atoms with Crippen molar-refractivity contribution < 1.29 is 19.6 Å². The fourth-order valence-corrected chi connectivity index (χ4v) is 4.79. The lowest BCUT2D eigenvalue weighted by atomic mass is 10.1. The summed E-state index contributed by atoms with van der Waals surface area (Å²) in [5, 5.41) is 26.8. The van der Waals surface area contributed by atoms with E-state index in [0.717, 1.165) is 10.8 Å². The van der Waals surface area contributed by atoms with Crippen molar-refractivity contribution in [2.75, 3.05) is 0 Å². The Morgan fingerprint density at radius 3 is 2.40 bits per heavy atom. The number of carbonyl (C=O) groups is 1. The number of nitro benzene ring substituents is 1. The van der Waals surface area contributed by atoms with Gasteiger partial charge in [-0.2, -0.15) is 5.10 Å². The van der Waals surface area contributed by atoms with Crippen LogP contribution in [0.5, 0.6) is 11.5 Å². The summed E-state index contributed by atoms with van der Waals surface area (Å²) in [6, 6.07) is 20.3. The van der Waals surface area contributed by atoms with Crippen LogP contribution in [0.4, 0.5) is 5.69 Å².